The fraction of sp³-hybridized carbons (Fsp3) is 0.0769. The van der Waals surface area contributed by atoms with Crippen LogP contribution in [0.25, 0.3) is 0 Å². The molecule has 8 heteroatoms. The van der Waals surface area contributed by atoms with Gasteiger partial charge in [-0.25, -0.2) is 8.42 Å². The van der Waals surface area contributed by atoms with Crippen molar-refractivity contribution in [1.29, 1.82) is 0 Å². The van der Waals surface area contributed by atoms with E-state index in [0.717, 1.165) is 36.5 Å². The second-order valence-electron chi connectivity index (χ2n) is 7.63. The minimum Gasteiger partial charge on any atom is -0.744 e. The average Bonchev–Trinajstić information content (AvgIpc) is 2.80. The number of hydrogen-bond donors (Lipinski definition) is 0. The van der Waals surface area contributed by atoms with Crippen molar-refractivity contribution in [2.75, 3.05) is 6.66 Å². The Morgan fingerprint density at radius 1 is 0.618 bits per heavy atom. The van der Waals surface area contributed by atoms with E-state index in [0.29, 0.717) is 0 Å². The van der Waals surface area contributed by atoms with Crippen molar-refractivity contribution in [2.45, 2.75) is 11.8 Å². The predicted octanol–water partition coefficient (Wildman–Crippen LogP) is 6.47. The standard InChI is InChI=1S/C19H15Cl3P.C7H8O3S/c1-23(17-11-5-2-8-14(17)20,18-12-6-3-9-15(18)21)19-13-7-4-10-16(19)22;1-6-2-4-7(5-3-6)11(8,9)10/h2-13H,1H3;2-5H,1H3,(H,8,9,10)/q+1;/p-1. The van der Waals surface area contributed by atoms with Gasteiger partial charge >= 0.3 is 0 Å². The molecule has 0 unspecified atom stereocenters. The first-order valence-corrected chi connectivity index (χ1v) is 15.0. The van der Waals surface area contributed by atoms with E-state index in [1.807, 2.05) is 61.5 Å². The Morgan fingerprint density at radius 3 is 1.24 bits per heavy atom. The highest BCUT2D eigenvalue weighted by atomic mass is 35.5. The summed E-state index contributed by atoms with van der Waals surface area (Å²) >= 11 is 19.7. The zero-order valence-electron chi connectivity index (χ0n) is 18.5. The molecule has 0 aromatic heterocycles. The molecule has 34 heavy (non-hydrogen) atoms. The topological polar surface area (TPSA) is 57.2 Å². The zero-order chi connectivity index (χ0) is 24.9. The number of hydrogen-bond acceptors (Lipinski definition) is 3. The van der Waals surface area contributed by atoms with Gasteiger partial charge in [0, 0.05) is 0 Å². The highest BCUT2D eigenvalue weighted by molar-refractivity contribution is 7.95. The molecule has 0 spiro atoms. The van der Waals surface area contributed by atoms with Crippen molar-refractivity contribution in [3.05, 3.63) is 118 Å². The Kier molecular flexibility index (Phi) is 8.81. The molecule has 0 saturated heterocycles. The van der Waals surface area contributed by atoms with E-state index in [9.17, 15) is 13.0 Å². The van der Waals surface area contributed by atoms with Crippen LogP contribution in [0.15, 0.2) is 102 Å². The maximum Gasteiger partial charge on any atom is 0.124 e. The summed E-state index contributed by atoms with van der Waals surface area (Å²) in [7, 11) is -6.30. The van der Waals surface area contributed by atoms with Crippen LogP contribution in [0.5, 0.6) is 0 Å². The van der Waals surface area contributed by atoms with E-state index < -0.39 is 17.4 Å². The summed E-state index contributed by atoms with van der Waals surface area (Å²) in [5, 5.41) is 5.48. The summed E-state index contributed by atoms with van der Waals surface area (Å²) in [6.45, 7) is 4.04. The zero-order valence-corrected chi connectivity index (χ0v) is 22.4. The third-order valence-electron chi connectivity index (χ3n) is 5.31. The third-order valence-corrected chi connectivity index (χ3v) is 11.6. The van der Waals surface area contributed by atoms with Crippen LogP contribution in [-0.2, 0) is 10.1 Å². The van der Waals surface area contributed by atoms with E-state index in [2.05, 4.69) is 24.9 Å². The molecule has 0 aliphatic heterocycles. The molecule has 4 aromatic carbocycles. The van der Waals surface area contributed by atoms with Crippen LogP contribution in [0.4, 0.5) is 0 Å². The van der Waals surface area contributed by atoms with Crippen LogP contribution in [0.2, 0.25) is 15.1 Å². The molecule has 0 N–H and O–H groups in total. The molecule has 176 valence electrons. The summed E-state index contributed by atoms with van der Waals surface area (Å²) in [6.07, 6.45) is 0. The van der Waals surface area contributed by atoms with E-state index in [4.69, 9.17) is 34.8 Å². The Hall–Kier alpha value is -1.91. The highest BCUT2D eigenvalue weighted by Crippen LogP contribution is 2.55. The lowest BCUT2D eigenvalue weighted by Gasteiger charge is -2.25. The van der Waals surface area contributed by atoms with Gasteiger partial charge in [-0.05, 0) is 55.5 Å². The quantitative estimate of drug-likeness (QED) is 0.216. The molecule has 0 aliphatic carbocycles. The van der Waals surface area contributed by atoms with Crippen LogP contribution in [0.1, 0.15) is 5.56 Å². The van der Waals surface area contributed by atoms with Crippen molar-refractivity contribution in [1.82, 2.24) is 0 Å². The van der Waals surface area contributed by atoms with Crippen molar-refractivity contribution in [2.24, 2.45) is 0 Å². The number of benzene rings is 4. The number of aryl methyl sites for hydroxylation is 1. The first-order chi connectivity index (χ1) is 16.0. The summed E-state index contributed by atoms with van der Waals surface area (Å²) in [6, 6.07) is 29.6. The van der Waals surface area contributed by atoms with E-state index in [1.54, 1.807) is 12.1 Å². The summed E-state index contributed by atoms with van der Waals surface area (Å²) in [5.74, 6) is 0. The molecule has 0 fully saturated rings. The minimum absolute atomic E-state index is 0.178. The van der Waals surface area contributed by atoms with Crippen molar-refractivity contribution in [3.63, 3.8) is 0 Å². The average molecular weight is 552 g/mol. The molecule has 0 radical (unpaired) electrons. The van der Waals surface area contributed by atoms with Gasteiger partial charge in [0.15, 0.2) is 0 Å². The second-order valence-corrected chi connectivity index (χ2v) is 13.7. The fourth-order valence-corrected chi connectivity index (χ4v) is 9.37. The van der Waals surface area contributed by atoms with Gasteiger partial charge in [0.05, 0.1) is 26.6 Å². The Balaban J connectivity index is 0.000000248. The Bertz CT molecular complexity index is 1280. The Morgan fingerprint density at radius 2 is 0.941 bits per heavy atom. The van der Waals surface area contributed by atoms with E-state index in [1.165, 1.54) is 12.1 Å². The maximum absolute atomic E-state index is 10.4. The maximum atomic E-state index is 10.4. The Labute approximate surface area is 216 Å². The molecule has 0 aliphatic rings. The van der Waals surface area contributed by atoms with Crippen LogP contribution < -0.4 is 15.9 Å². The molecule has 0 saturated carbocycles. The van der Waals surface area contributed by atoms with Gasteiger partial charge in [0.2, 0.25) is 0 Å². The molecule has 4 aromatic rings. The number of rotatable bonds is 4. The first kappa shape index (κ1) is 26.7. The van der Waals surface area contributed by atoms with E-state index >= 15 is 0 Å². The third kappa shape index (κ3) is 6.01. The van der Waals surface area contributed by atoms with Gasteiger partial charge in [-0.2, -0.15) is 0 Å². The van der Waals surface area contributed by atoms with Crippen molar-refractivity contribution >= 4 is 68.1 Å². The normalized spacial score (nSPS) is 11.5. The van der Waals surface area contributed by atoms with Gasteiger partial charge < -0.3 is 4.55 Å². The highest BCUT2D eigenvalue weighted by Gasteiger charge is 2.44. The molecule has 0 heterocycles. The largest absolute Gasteiger partial charge is 0.744 e. The molecule has 0 bridgehead atoms. The lowest BCUT2D eigenvalue weighted by atomic mass is 10.2. The lowest BCUT2D eigenvalue weighted by molar-refractivity contribution is 0.463. The van der Waals surface area contributed by atoms with Gasteiger partial charge in [-0.1, -0.05) is 88.9 Å². The lowest BCUT2D eigenvalue weighted by Crippen LogP contribution is -2.32. The monoisotopic (exact) mass is 550 g/mol. The van der Waals surface area contributed by atoms with Crippen molar-refractivity contribution in [3.8, 4) is 0 Å². The van der Waals surface area contributed by atoms with Gasteiger partial charge in [-0.15, -0.1) is 0 Å². The molecule has 4 rings (SSSR count). The summed E-state index contributed by atoms with van der Waals surface area (Å²) in [5.41, 5.74) is 0.928. The van der Waals surface area contributed by atoms with Crippen molar-refractivity contribution < 1.29 is 13.0 Å². The molecule has 0 atom stereocenters. The van der Waals surface area contributed by atoms with Gasteiger partial charge in [0.1, 0.15) is 33.3 Å². The predicted molar refractivity (Wildman–Crippen MR) is 145 cm³/mol. The van der Waals surface area contributed by atoms with E-state index in [-0.39, 0.29) is 4.90 Å². The molecule has 3 nitrogen and oxygen atoms in total. The first-order valence-electron chi connectivity index (χ1n) is 10.2. The molecule has 0 amide bonds. The van der Waals surface area contributed by atoms with Gasteiger partial charge in [0.25, 0.3) is 0 Å². The molecular formula is C26H22Cl3O3PS. The minimum atomic E-state index is -4.27. The van der Waals surface area contributed by atoms with Crippen LogP contribution in [0.3, 0.4) is 0 Å². The molecular weight excluding hydrogens is 530 g/mol. The fourth-order valence-electron chi connectivity index (χ4n) is 3.54. The van der Waals surface area contributed by atoms with Gasteiger partial charge in [-0.3, -0.25) is 0 Å². The van der Waals surface area contributed by atoms with Crippen LogP contribution in [0, 0.1) is 6.92 Å². The summed E-state index contributed by atoms with van der Waals surface area (Å²) < 4.78 is 31.2. The summed E-state index contributed by atoms with van der Waals surface area (Å²) in [4.78, 5) is -0.178. The smallest absolute Gasteiger partial charge is 0.124 e. The SMILES string of the molecule is C[P+](c1ccccc1Cl)(c1ccccc1Cl)c1ccccc1Cl.Cc1ccc(S(=O)(=O)[O-])cc1. The second kappa shape index (κ2) is 11.2. The van der Waals surface area contributed by atoms with Crippen LogP contribution in [-0.4, -0.2) is 19.6 Å². The number of halogens is 3. The van der Waals surface area contributed by atoms with Crippen LogP contribution >= 0.6 is 42.1 Å².